The number of hydrogen-bond acceptors (Lipinski definition) is 6. The number of nitrogens with one attached hydrogen (secondary N) is 2. The van der Waals surface area contributed by atoms with Crippen LogP contribution in [0.4, 0.5) is 5.69 Å². The Morgan fingerprint density at radius 3 is 2.31 bits per heavy atom. The summed E-state index contributed by atoms with van der Waals surface area (Å²) in [6.07, 6.45) is 1.34. The first-order chi connectivity index (χ1) is 17.4. The molecule has 10 heteroatoms. The topological polar surface area (TPSA) is 98.2 Å². The normalized spacial score (nSPS) is 10.7. The number of benzene rings is 3. The summed E-state index contributed by atoms with van der Waals surface area (Å²) in [5.41, 5.74) is 4.01. The van der Waals surface area contributed by atoms with Crippen molar-refractivity contribution in [3.63, 3.8) is 0 Å². The monoisotopic (exact) mass is 529 g/mol. The maximum Gasteiger partial charge on any atom is 0.329 e. The molecule has 8 nitrogen and oxygen atoms in total. The predicted octanol–water partition coefficient (Wildman–Crippen LogP) is 5.46. The number of para-hydroxylation sites is 2. The summed E-state index contributed by atoms with van der Waals surface area (Å²) in [5, 5.41) is 7.29. The van der Waals surface area contributed by atoms with Crippen molar-refractivity contribution >= 4 is 46.9 Å². The number of carbonyl (C=O) groups is 2. The number of anilines is 1. The van der Waals surface area contributed by atoms with Crippen LogP contribution in [-0.2, 0) is 16.2 Å². The molecular weight excluding hydrogens is 505 g/mol. The van der Waals surface area contributed by atoms with Gasteiger partial charge in [-0.25, -0.2) is 5.43 Å². The van der Waals surface area contributed by atoms with Gasteiger partial charge in [-0.15, -0.1) is 0 Å². The minimum Gasteiger partial charge on any atom is -0.492 e. The summed E-state index contributed by atoms with van der Waals surface area (Å²) in [6, 6.07) is 17.3. The van der Waals surface area contributed by atoms with Crippen molar-refractivity contribution in [1.82, 2.24) is 5.43 Å². The molecule has 0 fully saturated rings. The first-order valence-corrected chi connectivity index (χ1v) is 11.9. The molecule has 0 radical (unpaired) electrons. The molecule has 0 aliphatic rings. The molecule has 0 aromatic heterocycles. The molecule has 3 aromatic rings. The summed E-state index contributed by atoms with van der Waals surface area (Å²) in [7, 11) is 0. The third kappa shape index (κ3) is 7.63. The maximum atomic E-state index is 12.2. The van der Waals surface area contributed by atoms with E-state index < -0.39 is 11.8 Å². The van der Waals surface area contributed by atoms with Crippen molar-refractivity contribution in [3.8, 4) is 17.2 Å². The van der Waals surface area contributed by atoms with E-state index in [0.29, 0.717) is 51.8 Å². The number of hydrazone groups is 1. The molecule has 0 saturated heterocycles. The highest BCUT2D eigenvalue weighted by molar-refractivity contribution is 6.39. The summed E-state index contributed by atoms with van der Waals surface area (Å²) < 4.78 is 17.0. The van der Waals surface area contributed by atoms with Gasteiger partial charge in [-0.05, 0) is 61.4 Å². The van der Waals surface area contributed by atoms with E-state index in [0.717, 1.165) is 5.56 Å². The van der Waals surface area contributed by atoms with Crippen LogP contribution in [0.25, 0.3) is 0 Å². The van der Waals surface area contributed by atoms with Gasteiger partial charge in [0.15, 0.2) is 11.5 Å². The van der Waals surface area contributed by atoms with Crippen molar-refractivity contribution in [3.05, 3.63) is 81.8 Å². The zero-order valence-electron chi connectivity index (χ0n) is 19.7. The number of halogens is 2. The van der Waals surface area contributed by atoms with E-state index in [1.165, 1.54) is 6.21 Å². The molecule has 0 bridgehead atoms. The highest BCUT2D eigenvalue weighted by atomic mass is 35.5. The smallest absolute Gasteiger partial charge is 0.329 e. The van der Waals surface area contributed by atoms with Gasteiger partial charge in [0.25, 0.3) is 0 Å². The lowest BCUT2D eigenvalue weighted by atomic mass is 10.2. The molecule has 0 unspecified atom stereocenters. The Morgan fingerprint density at radius 2 is 1.58 bits per heavy atom. The van der Waals surface area contributed by atoms with Crippen LogP contribution in [0.5, 0.6) is 17.2 Å². The van der Waals surface area contributed by atoms with E-state index in [4.69, 9.17) is 37.4 Å². The molecule has 0 atom stereocenters. The van der Waals surface area contributed by atoms with E-state index >= 15 is 0 Å². The van der Waals surface area contributed by atoms with Crippen LogP contribution in [-0.4, -0.2) is 31.2 Å². The average Bonchev–Trinajstić information content (AvgIpc) is 2.86. The predicted molar refractivity (Wildman–Crippen MR) is 140 cm³/mol. The van der Waals surface area contributed by atoms with Gasteiger partial charge in [0, 0.05) is 5.02 Å². The number of rotatable bonds is 10. The Kier molecular flexibility index (Phi) is 9.97. The zero-order valence-corrected chi connectivity index (χ0v) is 21.2. The fraction of sp³-hybridized carbons (Fsp3) is 0.192. The van der Waals surface area contributed by atoms with Crippen molar-refractivity contribution in [2.75, 3.05) is 18.5 Å². The molecule has 0 heterocycles. The van der Waals surface area contributed by atoms with E-state index in [2.05, 4.69) is 15.8 Å². The quantitative estimate of drug-likeness (QED) is 0.206. The molecule has 0 saturated carbocycles. The lowest BCUT2D eigenvalue weighted by Gasteiger charge is -2.14. The minimum atomic E-state index is -0.948. The number of amides is 2. The largest absolute Gasteiger partial charge is 0.492 e. The fourth-order valence-corrected chi connectivity index (χ4v) is 3.45. The van der Waals surface area contributed by atoms with Crippen LogP contribution in [0.1, 0.15) is 25.0 Å². The number of hydrogen-bond donors (Lipinski definition) is 2. The van der Waals surface area contributed by atoms with Crippen LogP contribution < -0.4 is 25.0 Å². The first kappa shape index (κ1) is 26.8. The second-order valence-corrected chi connectivity index (χ2v) is 8.10. The SMILES string of the molecule is CCOc1ccccc1NC(=O)C(=O)N/N=C\c1cc(Cl)c(OCc2ccc(Cl)cc2)c(OCC)c1. The Labute approximate surface area is 219 Å². The van der Waals surface area contributed by atoms with Crippen molar-refractivity contribution in [2.24, 2.45) is 5.10 Å². The van der Waals surface area contributed by atoms with Crippen molar-refractivity contribution in [2.45, 2.75) is 20.5 Å². The molecule has 3 rings (SSSR count). The van der Waals surface area contributed by atoms with E-state index in [1.54, 1.807) is 48.5 Å². The van der Waals surface area contributed by atoms with Gasteiger partial charge >= 0.3 is 11.8 Å². The molecular formula is C26H25Cl2N3O5. The Bertz CT molecular complexity index is 1230. The Balaban J connectivity index is 1.64. The molecule has 0 spiro atoms. The summed E-state index contributed by atoms with van der Waals surface area (Å²) in [4.78, 5) is 24.4. The van der Waals surface area contributed by atoms with E-state index in [1.807, 2.05) is 26.0 Å². The molecule has 2 amide bonds. The lowest BCUT2D eigenvalue weighted by Crippen LogP contribution is -2.32. The fourth-order valence-electron chi connectivity index (χ4n) is 3.05. The van der Waals surface area contributed by atoms with Crippen LogP contribution in [0.15, 0.2) is 65.8 Å². The van der Waals surface area contributed by atoms with Gasteiger partial charge in [0.1, 0.15) is 12.4 Å². The molecule has 2 N–H and O–H groups in total. The van der Waals surface area contributed by atoms with Crippen LogP contribution >= 0.6 is 23.2 Å². The summed E-state index contributed by atoms with van der Waals surface area (Å²) in [5.74, 6) is -0.588. The Hall–Kier alpha value is -3.75. The number of nitrogens with zero attached hydrogens (tertiary/aromatic N) is 1. The highest BCUT2D eigenvalue weighted by Crippen LogP contribution is 2.37. The lowest BCUT2D eigenvalue weighted by molar-refractivity contribution is -0.136. The van der Waals surface area contributed by atoms with Gasteiger partial charge < -0.3 is 19.5 Å². The van der Waals surface area contributed by atoms with Crippen molar-refractivity contribution < 1.29 is 23.8 Å². The first-order valence-electron chi connectivity index (χ1n) is 11.1. The summed E-state index contributed by atoms with van der Waals surface area (Å²) >= 11 is 12.4. The van der Waals surface area contributed by atoms with E-state index in [9.17, 15) is 9.59 Å². The van der Waals surface area contributed by atoms with Gasteiger partial charge in [-0.3, -0.25) is 9.59 Å². The standard InChI is InChI=1S/C26H25Cl2N3O5/c1-3-34-22-8-6-5-7-21(22)30-25(32)26(33)31-29-15-18-13-20(28)24(23(14-18)35-4-2)36-16-17-9-11-19(27)12-10-17/h5-15H,3-4,16H2,1-2H3,(H,30,32)(H,31,33)/b29-15-. The van der Waals surface area contributed by atoms with Gasteiger partial charge in [0.05, 0.1) is 30.1 Å². The van der Waals surface area contributed by atoms with Crippen LogP contribution in [0.3, 0.4) is 0 Å². The average molecular weight is 530 g/mol. The maximum absolute atomic E-state index is 12.2. The second-order valence-electron chi connectivity index (χ2n) is 7.26. The third-order valence-corrected chi connectivity index (χ3v) is 5.18. The highest BCUT2D eigenvalue weighted by Gasteiger charge is 2.16. The molecule has 188 valence electrons. The molecule has 36 heavy (non-hydrogen) atoms. The van der Waals surface area contributed by atoms with Gasteiger partial charge in [0.2, 0.25) is 0 Å². The minimum absolute atomic E-state index is 0.266. The second kappa shape index (κ2) is 13.4. The summed E-state index contributed by atoms with van der Waals surface area (Å²) in [6.45, 7) is 4.72. The van der Waals surface area contributed by atoms with E-state index in [-0.39, 0.29) is 6.61 Å². The van der Waals surface area contributed by atoms with Crippen LogP contribution in [0, 0.1) is 0 Å². The number of carbonyl (C=O) groups excluding carboxylic acids is 2. The Morgan fingerprint density at radius 1 is 0.889 bits per heavy atom. The molecule has 3 aromatic carbocycles. The zero-order chi connectivity index (χ0) is 25.9. The molecule has 0 aliphatic carbocycles. The number of ether oxygens (including phenoxy) is 3. The molecule has 0 aliphatic heterocycles. The van der Waals surface area contributed by atoms with Crippen molar-refractivity contribution in [1.29, 1.82) is 0 Å². The van der Waals surface area contributed by atoms with Crippen LogP contribution in [0.2, 0.25) is 10.0 Å². The van der Waals surface area contributed by atoms with Gasteiger partial charge in [-0.2, -0.15) is 5.10 Å². The third-order valence-electron chi connectivity index (χ3n) is 4.65. The van der Waals surface area contributed by atoms with Gasteiger partial charge in [-0.1, -0.05) is 47.5 Å².